The van der Waals surface area contributed by atoms with Gasteiger partial charge in [0.15, 0.2) is 11.6 Å². The summed E-state index contributed by atoms with van der Waals surface area (Å²) in [6, 6.07) is 63.8. The summed E-state index contributed by atoms with van der Waals surface area (Å²) in [5.41, 5.74) is 9.57. The summed E-state index contributed by atoms with van der Waals surface area (Å²) in [6.45, 7) is 0. The second kappa shape index (κ2) is 13.8. The van der Waals surface area contributed by atoms with Gasteiger partial charge >= 0.3 is 0 Å². The number of aromatic nitrogens is 5. The standard InChI is InChI=1S/C51H33N5S/c1-4-16-33(17-5-1)38-22-10-11-23-39(38)37-28-36(29-48-53-49(34-18-6-2-7-19-34)55-50(54-48)35-20-8-3-9-21-35)51(52-32-37)56-44-26-14-12-24-40(44)42-30-43-41-25-13-15-27-46(41)57-47(43)31-45(42)56/h1-28,30-32H,29H2. The van der Waals surface area contributed by atoms with Crippen molar-refractivity contribution in [1.29, 1.82) is 0 Å². The van der Waals surface area contributed by atoms with E-state index in [0.29, 0.717) is 23.9 Å². The molecule has 0 unspecified atom stereocenters. The van der Waals surface area contributed by atoms with Gasteiger partial charge in [0.05, 0.1) is 11.0 Å². The first-order chi connectivity index (χ1) is 28.2. The summed E-state index contributed by atoms with van der Waals surface area (Å²) >= 11 is 1.83. The molecule has 0 saturated heterocycles. The lowest BCUT2D eigenvalue weighted by molar-refractivity contribution is 0.914. The Bertz CT molecular complexity index is 3200. The highest BCUT2D eigenvalue weighted by Crippen LogP contribution is 2.41. The van der Waals surface area contributed by atoms with Crippen LogP contribution in [0.2, 0.25) is 0 Å². The fourth-order valence-corrected chi connectivity index (χ4v) is 9.22. The number of hydrogen-bond acceptors (Lipinski definition) is 5. The number of fused-ring (bicyclic) bond motifs is 6. The molecule has 0 spiro atoms. The predicted octanol–water partition coefficient (Wildman–Crippen LogP) is 13.0. The molecule has 11 aromatic rings. The van der Waals surface area contributed by atoms with Crippen LogP contribution in [0.15, 0.2) is 188 Å². The Balaban J connectivity index is 1.17. The van der Waals surface area contributed by atoms with Crippen LogP contribution in [-0.2, 0) is 6.42 Å². The summed E-state index contributed by atoms with van der Waals surface area (Å²) in [7, 11) is 0. The van der Waals surface area contributed by atoms with Gasteiger partial charge in [0, 0.05) is 65.8 Å². The average Bonchev–Trinajstić information content (AvgIpc) is 3.81. The lowest BCUT2D eigenvalue weighted by Crippen LogP contribution is -2.08. The van der Waals surface area contributed by atoms with Crippen molar-refractivity contribution in [3.8, 4) is 50.8 Å². The minimum absolute atomic E-state index is 0.436. The molecule has 5 nitrogen and oxygen atoms in total. The van der Waals surface area contributed by atoms with E-state index in [4.69, 9.17) is 19.9 Å². The zero-order valence-corrected chi connectivity index (χ0v) is 31.6. The third kappa shape index (κ3) is 5.86. The van der Waals surface area contributed by atoms with Crippen molar-refractivity contribution < 1.29 is 0 Å². The van der Waals surface area contributed by atoms with E-state index >= 15 is 0 Å². The molecule has 0 aliphatic rings. The molecule has 11 rings (SSSR count). The van der Waals surface area contributed by atoms with Gasteiger partial charge in [0.2, 0.25) is 0 Å². The van der Waals surface area contributed by atoms with Crippen LogP contribution in [0.4, 0.5) is 0 Å². The third-order valence-electron chi connectivity index (χ3n) is 10.7. The van der Waals surface area contributed by atoms with Crippen molar-refractivity contribution >= 4 is 53.3 Å². The molecule has 0 bridgehead atoms. The fourth-order valence-electron chi connectivity index (χ4n) is 8.10. The Morgan fingerprint density at radius 1 is 0.421 bits per heavy atom. The third-order valence-corrected chi connectivity index (χ3v) is 11.9. The lowest BCUT2D eigenvalue weighted by atomic mass is 9.94. The van der Waals surface area contributed by atoms with Gasteiger partial charge in [-0.15, -0.1) is 11.3 Å². The summed E-state index contributed by atoms with van der Waals surface area (Å²) in [4.78, 5) is 20.7. The number of benzene rings is 7. The van der Waals surface area contributed by atoms with Crippen molar-refractivity contribution in [2.45, 2.75) is 6.42 Å². The number of pyridine rings is 1. The molecule has 4 heterocycles. The molecule has 0 atom stereocenters. The highest BCUT2D eigenvalue weighted by Gasteiger charge is 2.21. The summed E-state index contributed by atoms with van der Waals surface area (Å²) in [5.74, 6) is 2.81. The van der Waals surface area contributed by atoms with E-state index in [1.54, 1.807) is 0 Å². The molecule has 0 aliphatic carbocycles. The minimum Gasteiger partial charge on any atom is -0.293 e. The van der Waals surface area contributed by atoms with Crippen molar-refractivity contribution in [2.75, 3.05) is 0 Å². The Morgan fingerprint density at radius 2 is 1.00 bits per heavy atom. The van der Waals surface area contributed by atoms with Crippen LogP contribution < -0.4 is 0 Å². The maximum atomic E-state index is 5.41. The van der Waals surface area contributed by atoms with Gasteiger partial charge in [-0.3, -0.25) is 4.57 Å². The number of rotatable bonds is 7. The van der Waals surface area contributed by atoms with Crippen molar-refractivity contribution in [2.24, 2.45) is 0 Å². The highest BCUT2D eigenvalue weighted by atomic mass is 32.1. The molecule has 0 fully saturated rings. The topological polar surface area (TPSA) is 56.5 Å². The molecule has 0 saturated carbocycles. The van der Waals surface area contributed by atoms with Gasteiger partial charge < -0.3 is 0 Å². The molecule has 57 heavy (non-hydrogen) atoms. The molecular formula is C51H33N5S. The minimum atomic E-state index is 0.436. The summed E-state index contributed by atoms with van der Waals surface area (Å²) in [5, 5.41) is 4.95. The Labute approximate surface area is 333 Å². The van der Waals surface area contributed by atoms with Crippen molar-refractivity contribution in [1.82, 2.24) is 24.5 Å². The van der Waals surface area contributed by atoms with Crippen molar-refractivity contribution in [3.05, 3.63) is 200 Å². The summed E-state index contributed by atoms with van der Waals surface area (Å²) < 4.78 is 4.88. The molecule has 0 radical (unpaired) electrons. The van der Waals surface area contributed by atoms with Crippen molar-refractivity contribution in [3.63, 3.8) is 0 Å². The van der Waals surface area contributed by atoms with Gasteiger partial charge in [-0.05, 0) is 47.0 Å². The molecule has 7 aromatic carbocycles. The zero-order chi connectivity index (χ0) is 37.7. The number of para-hydroxylation sites is 1. The van der Waals surface area contributed by atoms with Crippen LogP contribution in [0.3, 0.4) is 0 Å². The second-order valence-corrected chi connectivity index (χ2v) is 15.3. The molecule has 6 heteroatoms. The first kappa shape index (κ1) is 33.1. The van der Waals surface area contributed by atoms with E-state index in [1.807, 2.05) is 53.9 Å². The molecule has 0 aliphatic heterocycles. The van der Waals surface area contributed by atoms with Crippen LogP contribution in [0.25, 0.3) is 92.8 Å². The normalized spacial score (nSPS) is 11.6. The molecule has 0 N–H and O–H groups in total. The largest absolute Gasteiger partial charge is 0.293 e. The SMILES string of the molecule is c1ccc(-c2nc(Cc3cc(-c4ccccc4-c4ccccc4)cnc3-n3c4ccccc4c4cc5c(cc43)sc3ccccc35)nc(-c3ccccc3)n2)cc1. The first-order valence-corrected chi connectivity index (χ1v) is 19.9. The van der Waals surface area contributed by atoms with Crippen LogP contribution in [0.5, 0.6) is 0 Å². The first-order valence-electron chi connectivity index (χ1n) is 19.1. The van der Waals surface area contributed by atoms with E-state index in [0.717, 1.165) is 55.8 Å². The number of thiophene rings is 1. The fraction of sp³-hybridized carbons (Fsp3) is 0.0196. The van der Waals surface area contributed by atoms with Crippen LogP contribution >= 0.6 is 11.3 Å². The van der Waals surface area contributed by atoms with Gasteiger partial charge in [-0.2, -0.15) is 0 Å². The lowest BCUT2D eigenvalue weighted by Gasteiger charge is -2.16. The summed E-state index contributed by atoms with van der Waals surface area (Å²) in [6.07, 6.45) is 2.46. The van der Waals surface area contributed by atoms with Gasteiger partial charge in [-0.25, -0.2) is 19.9 Å². The van der Waals surface area contributed by atoms with Gasteiger partial charge in [-0.1, -0.05) is 152 Å². The predicted molar refractivity (Wildman–Crippen MR) is 236 cm³/mol. The Kier molecular flexibility index (Phi) is 8.00. The van der Waals surface area contributed by atoms with E-state index in [9.17, 15) is 0 Å². The maximum Gasteiger partial charge on any atom is 0.163 e. The van der Waals surface area contributed by atoms with E-state index in [-0.39, 0.29) is 0 Å². The quantitative estimate of drug-likeness (QED) is 0.163. The van der Waals surface area contributed by atoms with Gasteiger partial charge in [0.1, 0.15) is 11.6 Å². The average molecular weight is 748 g/mol. The monoisotopic (exact) mass is 747 g/mol. The Hall–Kier alpha value is -7.28. The van der Waals surface area contributed by atoms with Crippen LogP contribution in [-0.4, -0.2) is 24.5 Å². The Morgan fingerprint density at radius 3 is 1.70 bits per heavy atom. The maximum absolute atomic E-state index is 5.41. The van der Waals surface area contributed by atoms with Gasteiger partial charge in [0.25, 0.3) is 0 Å². The highest BCUT2D eigenvalue weighted by molar-refractivity contribution is 7.25. The molecule has 4 aromatic heterocycles. The van der Waals surface area contributed by atoms with E-state index in [1.165, 1.54) is 30.9 Å². The molecule has 0 amide bonds. The number of hydrogen-bond donors (Lipinski definition) is 0. The molecule has 268 valence electrons. The number of nitrogens with zero attached hydrogens (tertiary/aromatic N) is 5. The van der Waals surface area contributed by atoms with E-state index in [2.05, 4.69) is 150 Å². The van der Waals surface area contributed by atoms with Crippen LogP contribution in [0, 0.1) is 0 Å². The smallest absolute Gasteiger partial charge is 0.163 e. The van der Waals surface area contributed by atoms with Crippen LogP contribution in [0.1, 0.15) is 11.4 Å². The second-order valence-electron chi connectivity index (χ2n) is 14.2. The molecular weight excluding hydrogens is 715 g/mol. The zero-order valence-electron chi connectivity index (χ0n) is 30.7. The van der Waals surface area contributed by atoms with E-state index < -0.39 is 0 Å².